The molecule has 4 N–H and O–H groups in total. The monoisotopic (exact) mass is 506 g/mol. The van der Waals surface area contributed by atoms with E-state index in [1.54, 1.807) is 22.9 Å². The summed E-state index contributed by atoms with van der Waals surface area (Å²) in [6, 6.07) is 8.72. The number of hydrogen-bond donors (Lipinski definition) is 4. The first-order valence-corrected chi connectivity index (χ1v) is 12.4. The summed E-state index contributed by atoms with van der Waals surface area (Å²) >= 11 is 0. The van der Waals surface area contributed by atoms with Crippen molar-refractivity contribution in [3.63, 3.8) is 0 Å². The highest BCUT2D eigenvalue weighted by atomic mass is 19.1. The molecule has 0 amide bonds. The van der Waals surface area contributed by atoms with Crippen LogP contribution in [0.15, 0.2) is 41.5 Å². The van der Waals surface area contributed by atoms with Gasteiger partial charge >= 0.3 is 0 Å². The predicted molar refractivity (Wildman–Crippen MR) is 138 cm³/mol. The third-order valence-corrected chi connectivity index (χ3v) is 6.80. The number of benzene rings is 1. The Balaban J connectivity index is 1.49. The van der Waals surface area contributed by atoms with Crippen molar-refractivity contribution in [2.24, 2.45) is 4.99 Å². The Morgan fingerprint density at radius 3 is 2.70 bits per heavy atom. The molecule has 0 spiro atoms. The second-order valence-electron chi connectivity index (χ2n) is 9.66. The SMILES string of the molecule is CN(C)C1CCC(Nc2nc(=NCCc3cccc(F)c3)n3ncc(=Cc4cc(O)[nH]c4O)c3n2)CC1. The molecule has 0 unspecified atom stereocenters. The van der Waals surface area contributed by atoms with E-state index < -0.39 is 0 Å². The molecule has 1 fully saturated rings. The third kappa shape index (κ3) is 5.72. The first kappa shape index (κ1) is 24.7. The van der Waals surface area contributed by atoms with Crippen LogP contribution in [0.5, 0.6) is 11.8 Å². The number of hydrogen-bond acceptors (Lipinski definition) is 8. The summed E-state index contributed by atoms with van der Waals surface area (Å²) in [6.07, 6.45) is 8.07. The number of nitrogens with one attached hydrogen (secondary N) is 2. The molecular weight excluding hydrogens is 475 g/mol. The molecule has 1 aliphatic carbocycles. The van der Waals surface area contributed by atoms with Gasteiger partial charge in [0, 0.05) is 35.5 Å². The molecule has 0 radical (unpaired) electrons. The Labute approximate surface area is 213 Å². The highest BCUT2D eigenvalue weighted by Gasteiger charge is 2.23. The zero-order valence-electron chi connectivity index (χ0n) is 20.9. The Morgan fingerprint density at radius 1 is 1.19 bits per heavy atom. The second-order valence-corrected chi connectivity index (χ2v) is 9.66. The zero-order chi connectivity index (χ0) is 25.9. The minimum Gasteiger partial charge on any atom is -0.494 e. The molecule has 194 valence electrons. The molecule has 5 rings (SSSR count). The molecular formula is C26H31FN8O2. The van der Waals surface area contributed by atoms with Crippen LogP contribution in [0.2, 0.25) is 0 Å². The van der Waals surface area contributed by atoms with Gasteiger partial charge in [0.15, 0.2) is 17.4 Å². The Kier molecular flexibility index (Phi) is 7.04. The normalized spacial score (nSPS) is 19.2. The van der Waals surface area contributed by atoms with Crippen LogP contribution in [0, 0.1) is 5.82 Å². The molecule has 11 heteroatoms. The number of anilines is 1. The number of nitrogens with zero attached hydrogens (tertiary/aromatic N) is 6. The number of fused-ring (bicyclic) bond motifs is 1. The van der Waals surface area contributed by atoms with Gasteiger partial charge < -0.3 is 20.4 Å². The van der Waals surface area contributed by atoms with Crippen LogP contribution in [0.1, 0.15) is 36.8 Å². The van der Waals surface area contributed by atoms with E-state index in [1.165, 1.54) is 18.2 Å². The van der Waals surface area contributed by atoms with E-state index in [9.17, 15) is 14.6 Å². The number of halogens is 1. The van der Waals surface area contributed by atoms with E-state index in [0.717, 1.165) is 31.2 Å². The lowest BCUT2D eigenvalue weighted by Crippen LogP contribution is -2.37. The molecule has 10 nitrogen and oxygen atoms in total. The van der Waals surface area contributed by atoms with E-state index in [4.69, 9.17) is 4.98 Å². The summed E-state index contributed by atoms with van der Waals surface area (Å²) in [4.78, 5) is 18.8. The molecule has 4 aromatic rings. The van der Waals surface area contributed by atoms with Gasteiger partial charge in [-0.1, -0.05) is 12.1 Å². The van der Waals surface area contributed by atoms with Crippen molar-refractivity contribution in [1.29, 1.82) is 0 Å². The van der Waals surface area contributed by atoms with Crippen molar-refractivity contribution in [3.05, 3.63) is 64.3 Å². The average Bonchev–Trinajstić information content (AvgIpc) is 3.41. The summed E-state index contributed by atoms with van der Waals surface area (Å²) in [5.74, 6) is -0.106. The van der Waals surface area contributed by atoms with E-state index in [1.807, 2.05) is 6.07 Å². The fourth-order valence-electron chi connectivity index (χ4n) is 4.77. The number of H-pyrrole nitrogens is 1. The van der Waals surface area contributed by atoms with Crippen LogP contribution < -0.4 is 16.2 Å². The third-order valence-electron chi connectivity index (χ3n) is 6.80. The number of aromatic nitrogens is 5. The van der Waals surface area contributed by atoms with Gasteiger partial charge in [-0.15, -0.1) is 0 Å². The molecule has 0 saturated heterocycles. The van der Waals surface area contributed by atoms with E-state index in [-0.39, 0.29) is 23.6 Å². The minimum absolute atomic E-state index is 0.140. The van der Waals surface area contributed by atoms with Gasteiger partial charge in [0.05, 0.1) is 6.20 Å². The van der Waals surface area contributed by atoms with Gasteiger partial charge in [-0.3, -0.25) is 4.98 Å². The van der Waals surface area contributed by atoms with E-state index >= 15 is 0 Å². The maximum atomic E-state index is 13.6. The summed E-state index contributed by atoms with van der Waals surface area (Å²) in [7, 11) is 4.24. The maximum absolute atomic E-state index is 13.6. The van der Waals surface area contributed by atoms with E-state index in [0.29, 0.717) is 47.0 Å². The van der Waals surface area contributed by atoms with Crippen LogP contribution in [0.3, 0.4) is 0 Å². The predicted octanol–water partition coefficient (Wildman–Crippen LogP) is 1.98. The molecule has 1 saturated carbocycles. The highest BCUT2D eigenvalue weighted by Crippen LogP contribution is 2.24. The summed E-state index contributed by atoms with van der Waals surface area (Å²) in [5, 5.41) is 28.3. The summed E-state index contributed by atoms with van der Waals surface area (Å²) in [5.41, 5.74) is 2.16. The lowest BCUT2D eigenvalue weighted by atomic mass is 9.91. The van der Waals surface area contributed by atoms with Gasteiger partial charge in [0.25, 0.3) is 5.62 Å². The van der Waals surface area contributed by atoms with Gasteiger partial charge in [0.1, 0.15) is 5.82 Å². The fourth-order valence-corrected chi connectivity index (χ4v) is 4.77. The number of aromatic hydroxyl groups is 2. The average molecular weight is 507 g/mol. The zero-order valence-corrected chi connectivity index (χ0v) is 20.9. The summed E-state index contributed by atoms with van der Waals surface area (Å²) < 4.78 is 15.1. The molecule has 0 bridgehead atoms. The van der Waals surface area contributed by atoms with Crippen molar-refractivity contribution < 1.29 is 14.6 Å². The van der Waals surface area contributed by atoms with Crippen molar-refractivity contribution in [2.75, 3.05) is 26.0 Å². The Morgan fingerprint density at radius 2 is 2.00 bits per heavy atom. The minimum atomic E-state index is -0.274. The van der Waals surface area contributed by atoms with Gasteiger partial charge in [0.2, 0.25) is 5.95 Å². The van der Waals surface area contributed by atoms with Crippen LogP contribution in [0.4, 0.5) is 10.3 Å². The van der Waals surface area contributed by atoms with Gasteiger partial charge in [-0.25, -0.2) is 9.38 Å². The maximum Gasteiger partial charge on any atom is 0.251 e. The number of aromatic amines is 1. The van der Waals surface area contributed by atoms with Crippen LogP contribution in [0.25, 0.3) is 11.7 Å². The lowest BCUT2D eigenvalue weighted by Gasteiger charge is -2.32. The highest BCUT2D eigenvalue weighted by molar-refractivity contribution is 5.61. The molecule has 3 heterocycles. The van der Waals surface area contributed by atoms with Crippen molar-refractivity contribution in [3.8, 4) is 11.8 Å². The molecule has 3 aromatic heterocycles. The van der Waals surface area contributed by atoms with Gasteiger partial charge in [-0.05, 0) is 70.0 Å². The summed E-state index contributed by atoms with van der Waals surface area (Å²) in [6.45, 7) is 0.397. The first-order valence-electron chi connectivity index (χ1n) is 12.4. The number of rotatable bonds is 7. The van der Waals surface area contributed by atoms with Crippen LogP contribution in [-0.4, -0.2) is 72.4 Å². The fraction of sp³-hybridized carbons (Fsp3) is 0.385. The largest absolute Gasteiger partial charge is 0.494 e. The smallest absolute Gasteiger partial charge is 0.251 e. The van der Waals surface area contributed by atoms with E-state index in [2.05, 4.69) is 44.4 Å². The molecule has 1 aliphatic rings. The first-order chi connectivity index (χ1) is 17.9. The topological polar surface area (TPSA) is 127 Å². The quantitative estimate of drug-likeness (QED) is 0.302. The molecule has 37 heavy (non-hydrogen) atoms. The van der Waals surface area contributed by atoms with Crippen molar-refractivity contribution >= 4 is 17.7 Å². The van der Waals surface area contributed by atoms with Gasteiger partial charge in [-0.2, -0.15) is 19.6 Å². The Hall–Kier alpha value is -3.99. The van der Waals surface area contributed by atoms with Crippen molar-refractivity contribution in [1.82, 2.24) is 29.5 Å². The van der Waals surface area contributed by atoms with Crippen LogP contribution in [-0.2, 0) is 6.42 Å². The molecule has 0 aliphatic heterocycles. The molecule has 1 aromatic carbocycles. The van der Waals surface area contributed by atoms with Crippen molar-refractivity contribution in [2.45, 2.75) is 44.2 Å². The molecule has 0 atom stereocenters. The van der Waals surface area contributed by atoms with Crippen LogP contribution >= 0.6 is 0 Å². The Bertz CT molecular complexity index is 1500. The lowest BCUT2D eigenvalue weighted by molar-refractivity contribution is 0.221. The second kappa shape index (κ2) is 10.6. The standard InChI is InChI=1S/C26H31FN8O2/c1-34(2)21-8-6-20(7-9-21)30-25-32-23-18(13-17-14-22(36)31-24(17)37)15-29-35(23)26(33-25)28-11-10-16-4-3-5-19(27)12-16/h3-5,12-15,20-21,31,36-37H,6-11H2,1-2H3,(H,28,30,33).